The van der Waals surface area contributed by atoms with Crippen molar-refractivity contribution in [2.45, 2.75) is 42.0 Å². The number of benzene rings is 1. The van der Waals surface area contributed by atoms with E-state index in [0.717, 1.165) is 0 Å². The molecule has 0 aromatic heterocycles. The highest BCUT2D eigenvalue weighted by Gasteiger charge is 2.77. The molecule has 2 bridgehead atoms. The Hall–Kier alpha value is -2.20. The Morgan fingerprint density at radius 3 is 2.58 bits per heavy atom. The summed E-state index contributed by atoms with van der Waals surface area (Å²) < 4.78 is 6.51. The zero-order chi connectivity index (χ0) is 26.4. The van der Waals surface area contributed by atoms with Crippen LogP contribution in [0.25, 0.3) is 0 Å². The number of aliphatic hydroxyl groups is 1. The van der Waals surface area contributed by atoms with E-state index in [1.54, 1.807) is 50.4 Å². The van der Waals surface area contributed by atoms with E-state index in [9.17, 15) is 19.5 Å². The third-order valence-corrected chi connectivity index (χ3v) is 8.65. The molecule has 0 aliphatic carbocycles. The average Bonchev–Trinajstić information content (AvgIpc) is 3.45. The van der Waals surface area contributed by atoms with Gasteiger partial charge in [0.15, 0.2) is 0 Å². The molecule has 10 heteroatoms. The Balaban J connectivity index is 1.83. The number of likely N-dealkylation sites (N-methyl/N-ethyl adjacent to an activating group) is 1. The molecule has 194 valence electrons. The molecule has 8 nitrogen and oxygen atoms in total. The summed E-state index contributed by atoms with van der Waals surface area (Å²) in [6, 6.07) is 5.24. The third-order valence-electron chi connectivity index (χ3n) is 7.49. The topological polar surface area (TPSA) is 90.4 Å². The number of carbonyl (C=O) groups is 3. The van der Waals surface area contributed by atoms with Crippen molar-refractivity contribution >= 4 is 50.9 Å². The van der Waals surface area contributed by atoms with E-state index in [1.807, 2.05) is 0 Å². The zero-order valence-corrected chi connectivity index (χ0v) is 22.7. The quantitative estimate of drug-likeness (QED) is 0.358. The maximum Gasteiger partial charge on any atom is 0.253 e. The first-order valence-corrected chi connectivity index (χ1v) is 13.2. The lowest BCUT2D eigenvalue weighted by molar-refractivity contribution is -0.146. The number of rotatable bonds is 9. The molecule has 3 heterocycles. The third kappa shape index (κ3) is 4.00. The van der Waals surface area contributed by atoms with E-state index in [1.165, 1.54) is 14.7 Å². The van der Waals surface area contributed by atoms with Crippen molar-refractivity contribution in [1.29, 1.82) is 0 Å². The Bertz CT molecular complexity index is 1090. The van der Waals surface area contributed by atoms with Gasteiger partial charge >= 0.3 is 0 Å². The number of amides is 3. The number of nitrogens with zero attached hydrogens (tertiary/aromatic N) is 3. The van der Waals surface area contributed by atoms with E-state index in [0.29, 0.717) is 23.7 Å². The van der Waals surface area contributed by atoms with Crippen LogP contribution in [0.2, 0.25) is 5.02 Å². The molecule has 0 saturated carbocycles. The van der Waals surface area contributed by atoms with Crippen LogP contribution >= 0.6 is 27.5 Å². The predicted molar refractivity (Wildman–Crippen MR) is 141 cm³/mol. The van der Waals surface area contributed by atoms with Gasteiger partial charge in [-0.1, -0.05) is 51.8 Å². The van der Waals surface area contributed by atoms with Crippen molar-refractivity contribution < 1.29 is 24.2 Å². The van der Waals surface area contributed by atoms with E-state index in [2.05, 4.69) is 29.1 Å². The van der Waals surface area contributed by atoms with Crippen molar-refractivity contribution in [1.82, 2.24) is 9.80 Å². The summed E-state index contributed by atoms with van der Waals surface area (Å²) in [6.45, 7) is 9.30. The second kappa shape index (κ2) is 10.3. The van der Waals surface area contributed by atoms with E-state index < -0.39 is 41.5 Å². The summed E-state index contributed by atoms with van der Waals surface area (Å²) in [5, 5.41) is 10.4. The highest BCUT2D eigenvalue weighted by molar-refractivity contribution is 9.09. The summed E-state index contributed by atoms with van der Waals surface area (Å²) >= 11 is 10.1. The molecule has 1 N–H and O–H groups in total. The lowest BCUT2D eigenvalue weighted by atomic mass is 9.70. The maximum absolute atomic E-state index is 14.3. The first kappa shape index (κ1) is 26.9. The standard InChI is InChI=1S/C26H31BrClN3O5/c1-5-11-29(4)23(33)19-20-24(34)31(15(3)14-32)22(26(20)13-16(27)21(19)36-26)25(35)30(12-6-2)18-10-8-7-9-17(18)28/h5-10,15-16,19-22,32H,1-2,11-14H2,3-4H3/t15-,16?,19+,20+,21+,22?,26?/m1/s1. The Kier molecular flexibility index (Phi) is 7.67. The van der Waals surface area contributed by atoms with Gasteiger partial charge in [-0.05, 0) is 25.5 Å². The Labute approximate surface area is 224 Å². The normalized spacial score (nSPS) is 31.2. The SMILES string of the molecule is C=CCN(C)C(=O)[C@H]1[C@H]2C(=O)N([C@H](C)CO)C(C(=O)N(CC=C)c3ccccc3Cl)C23CC(Br)[C@@H]1O3. The molecular weight excluding hydrogens is 550 g/mol. The number of halogens is 2. The number of hydrogen-bond donors (Lipinski definition) is 1. The minimum Gasteiger partial charge on any atom is -0.394 e. The van der Waals surface area contributed by atoms with Gasteiger partial charge in [0.2, 0.25) is 11.8 Å². The van der Waals surface area contributed by atoms with Crippen molar-refractivity contribution in [3.8, 4) is 0 Å². The predicted octanol–water partition coefficient (Wildman–Crippen LogP) is 2.63. The number of anilines is 1. The molecule has 3 amide bonds. The van der Waals surface area contributed by atoms with Crippen LogP contribution in [0, 0.1) is 11.8 Å². The number of hydrogen-bond acceptors (Lipinski definition) is 5. The fraction of sp³-hybridized carbons (Fsp3) is 0.500. The second-order valence-electron chi connectivity index (χ2n) is 9.64. The van der Waals surface area contributed by atoms with Crippen LogP contribution < -0.4 is 4.90 Å². The first-order chi connectivity index (χ1) is 17.1. The van der Waals surface area contributed by atoms with Crippen molar-refractivity contribution in [2.75, 3.05) is 31.6 Å². The summed E-state index contributed by atoms with van der Waals surface area (Å²) in [6.07, 6.45) is 3.02. The molecule has 0 radical (unpaired) electrons. The summed E-state index contributed by atoms with van der Waals surface area (Å²) in [7, 11) is 1.66. The summed E-state index contributed by atoms with van der Waals surface area (Å²) in [5.74, 6) is -2.61. The zero-order valence-electron chi connectivity index (χ0n) is 20.3. The monoisotopic (exact) mass is 579 g/mol. The fourth-order valence-corrected chi connectivity index (χ4v) is 7.16. The van der Waals surface area contributed by atoms with Crippen LogP contribution in [-0.2, 0) is 19.1 Å². The van der Waals surface area contributed by atoms with Crippen LogP contribution in [0.5, 0.6) is 0 Å². The van der Waals surface area contributed by atoms with Crippen LogP contribution in [0.3, 0.4) is 0 Å². The van der Waals surface area contributed by atoms with Gasteiger partial charge in [0.05, 0.1) is 41.3 Å². The minimum absolute atomic E-state index is 0.154. The minimum atomic E-state index is -1.23. The summed E-state index contributed by atoms with van der Waals surface area (Å²) in [4.78, 5) is 46.0. The van der Waals surface area contributed by atoms with E-state index in [-0.39, 0.29) is 29.8 Å². The number of para-hydroxylation sites is 1. The first-order valence-electron chi connectivity index (χ1n) is 11.9. The molecule has 3 fully saturated rings. The van der Waals surface area contributed by atoms with Gasteiger partial charge < -0.3 is 24.5 Å². The molecule has 3 aliphatic rings. The second-order valence-corrected chi connectivity index (χ2v) is 11.2. The van der Waals surface area contributed by atoms with Gasteiger partial charge in [-0.3, -0.25) is 14.4 Å². The molecule has 1 aromatic rings. The lowest BCUT2D eigenvalue weighted by Crippen LogP contribution is -2.59. The Morgan fingerprint density at radius 1 is 1.31 bits per heavy atom. The molecule has 1 spiro atoms. The number of alkyl halides is 1. The molecular formula is C26H31BrClN3O5. The average molecular weight is 581 g/mol. The van der Waals surface area contributed by atoms with E-state index in [4.69, 9.17) is 16.3 Å². The molecule has 3 saturated heterocycles. The highest BCUT2D eigenvalue weighted by atomic mass is 79.9. The van der Waals surface area contributed by atoms with Crippen LogP contribution in [0.1, 0.15) is 13.3 Å². The van der Waals surface area contributed by atoms with Gasteiger partial charge in [0.1, 0.15) is 11.6 Å². The van der Waals surface area contributed by atoms with Gasteiger partial charge in [-0.15, -0.1) is 13.2 Å². The van der Waals surface area contributed by atoms with E-state index >= 15 is 0 Å². The Morgan fingerprint density at radius 2 is 1.97 bits per heavy atom. The highest BCUT2D eigenvalue weighted by Crippen LogP contribution is 2.60. The van der Waals surface area contributed by atoms with Crippen molar-refractivity contribution in [3.63, 3.8) is 0 Å². The molecule has 1 aromatic carbocycles. The van der Waals surface area contributed by atoms with Gasteiger partial charge in [0, 0.05) is 25.0 Å². The van der Waals surface area contributed by atoms with Gasteiger partial charge in [-0.25, -0.2) is 0 Å². The fourth-order valence-electron chi connectivity index (χ4n) is 5.98. The van der Waals surface area contributed by atoms with Crippen molar-refractivity contribution in [2.24, 2.45) is 11.8 Å². The van der Waals surface area contributed by atoms with Gasteiger partial charge in [0.25, 0.3) is 5.91 Å². The van der Waals surface area contributed by atoms with Crippen LogP contribution in [0.15, 0.2) is 49.6 Å². The smallest absolute Gasteiger partial charge is 0.253 e. The molecule has 3 aliphatic heterocycles. The molecule has 4 rings (SSSR count). The number of likely N-dealkylation sites (tertiary alicyclic amines) is 1. The number of carbonyl (C=O) groups excluding carboxylic acids is 3. The number of ether oxygens (including phenoxy) is 1. The van der Waals surface area contributed by atoms with Crippen LogP contribution in [-0.4, -0.2) is 88.0 Å². The molecule has 3 unspecified atom stereocenters. The summed E-state index contributed by atoms with van der Waals surface area (Å²) in [5.41, 5.74) is -0.749. The van der Waals surface area contributed by atoms with Gasteiger partial charge in [-0.2, -0.15) is 0 Å². The molecule has 7 atom stereocenters. The number of aliphatic hydroxyl groups excluding tert-OH is 1. The van der Waals surface area contributed by atoms with Crippen molar-refractivity contribution in [3.05, 3.63) is 54.6 Å². The maximum atomic E-state index is 14.3. The molecule has 36 heavy (non-hydrogen) atoms. The largest absolute Gasteiger partial charge is 0.394 e. The lowest BCUT2D eigenvalue weighted by Gasteiger charge is -2.38. The van der Waals surface area contributed by atoms with Crippen LogP contribution in [0.4, 0.5) is 5.69 Å². The number of fused-ring (bicyclic) bond motifs is 1.